The van der Waals surface area contributed by atoms with E-state index in [-0.39, 0.29) is 10.9 Å². The van der Waals surface area contributed by atoms with Gasteiger partial charge in [0.1, 0.15) is 0 Å². The highest BCUT2D eigenvalue weighted by molar-refractivity contribution is 7.90. The van der Waals surface area contributed by atoms with Gasteiger partial charge >= 0.3 is 0 Å². The van der Waals surface area contributed by atoms with Gasteiger partial charge in [0, 0.05) is 0 Å². The van der Waals surface area contributed by atoms with Crippen LogP contribution in [0.5, 0.6) is 0 Å². The Hall–Kier alpha value is -2.67. The van der Waals surface area contributed by atoms with Crippen molar-refractivity contribution in [3.63, 3.8) is 0 Å². The number of hydrogen-bond donors (Lipinski definition) is 2. The van der Waals surface area contributed by atoms with E-state index in [1.54, 1.807) is 12.1 Å². The fourth-order valence-electron chi connectivity index (χ4n) is 1.62. The van der Waals surface area contributed by atoms with Gasteiger partial charge in [0.15, 0.2) is 0 Å². The maximum absolute atomic E-state index is 12.0. The standard InChI is InChI=1S/C15H16N4O2S/c1-12-7-9-14(10-8-12)22(20,21)19-15(16)18-17-11-13-5-3-2-4-6-13/h2-11H,1H3,(H3,16,18,19)/b17-11+. The summed E-state index contributed by atoms with van der Waals surface area (Å²) in [5.41, 5.74) is 9.73. The first kappa shape index (κ1) is 15.7. The van der Waals surface area contributed by atoms with E-state index in [9.17, 15) is 8.42 Å². The van der Waals surface area contributed by atoms with Gasteiger partial charge in [0.2, 0.25) is 5.96 Å². The van der Waals surface area contributed by atoms with Gasteiger partial charge in [-0.25, -0.2) is 5.43 Å². The molecule has 0 saturated heterocycles. The highest BCUT2D eigenvalue weighted by atomic mass is 32.2. The Bertz CT molecular complexity index is 782. The van der Waals surface area contributed by atoms with Gasteiger partial charge in [-0.2, -0.15) is 13.5 Å². The van der Waals surface area contributed by atoms with E-state index in [1.807, 2.05) is 37.3 Å². The van der Waals surface area contributed by atoms with Crippen LogP contribution in [0.4, 0.5) is 0 Å². The number of rotatable bonds is 4. The van der Waals surface area contributed by atoms with Crippen LogP contribution in [-0.4, -0.2) is 20.6 Å². The second-order valence-corrected chi connectivity index (χ2v) is 6.15. The van der Waals surface area contributed by atoms with Crippen molar-refractivity contribution in [2.45, 2.75) is 11.8 Å². The van der Waals surface area contributed by atoms with E-state index in [4.69, 9.17) is 5.73 Å². The van der Waals surface area contributed by atoms with Gasteiger partial charge in [-0.1, -0.05) is 48.0 Å². The zero-order valence-electron chi connectivity index (χ0n) is 12.0. The molecule has 0 fully saturated rings. The van der Waals surface area contributed by atoms with Crippen molar-refractivity contribution in [2.75, 3.05) is 0 Å². The van der Waals surface area contributed by atoms with Crippen LogP contribution >= 0.6 is 0 Å². The average Bonchev–Trinajstić information content (AvgIpc) is 2.48. The Labute approximate surface area is 129 Å². The molecule has 0 atom stereocenters. The molecule has 0 saturated carbocycles. The molecule has 0 aliphatic heterocycles. The minimum absolute atomic E-state index is 0.0786. The summed E-state index contributed by atoms with van der Waals surface area (Å²) in [7, 11) is -3.84. The van der Waals surface area contributed by atoms with Crippen LogP contribution < -0.4 is 11.2 Å². The van der Waals surface area contributed by atoms with Gasteiger partial charge in [-0.15, -0.1) is 4.40 Å². The zero-order valence-corrected chi connectivity index (χ0v) is 12.8. The monoisotopic (exact) mass is 316 g/mol. The van der Waals surface area contributed by atoms with Crippen LogP contribution in [-0.2, 0) is 10.0 Å². The highest BCUT2D eigenvalue weighted by Gasteiger charge is 2.12. The Kier molecular flexibility index (Phi) is 4.90. The molecular formula is C15H16N4O2S. The lowest BCUT2D eigenvalue weighted by molar-refractivity contribution is 0.597. The average molecular weight is 316 g/mol. The molecule has 0 amide bonds. The smallest absolute Gasteiger partial charge is 0.285 e. The first-order chi connectivity index (χ1) is 10.5. The van der Waals surface area contributed by atoms with Crippen LogP contribution in [0.3, 0.4) is 0 Å². The number of nitrogens with one attached hydrogen (secondary N) is 1. The zero-order chi connectivity index (χ0) is 16.0. The van der Waals surface area contributed by atoms with Crippen molar-refractivity contribution in [1.82, 2.24) is 5.43 Å². The molecule has 7 heteroatoms. The van der Waals surface area contributed by atoms with Crippen LogP contribution in [0, 0.1) is 6.92 Å². The van der Waals surface area contributed by atoms with Crippen LogP contribution in [0.1, 0.15) is 11.1 Å². The van der Waals surface area contributed by atoms with E-state index in [1.165, 1.54) is 18.3 Å². The predicted octanol–water partition coefficient (Wildman–Crippen LogP) is 1.62. The van der Waals surface area contributed by atoms with Crippen molar-refractivity contribution in [2.24, 2.45) is 15.2 Å². The number of hydrogen-bond acceptors (Lipinski definition) is 3. The molecule has 0 unspecified atom stereocenters. The SMILES string of the molecule is Cc1ccc(S(=O)(=O)/N=C(\N)N/N=C/c2ccccc2)cc1. The fourth-order valence-corrected chi connectivity index (χ4v) is 2.51. The minimum Gasteiger partial charge on any atom is -0.368 e. The van der Waals surface area contributed by atoms with Crippen molar-refractivity contribution < 1.29 is 8.42 Å². The summed E-state index contributed by atoms with van der Waals surface area (Å²) in [4.78, 5) is 0.0786. The van der Waals surface area contributed by atoms with Crippen molar-refractivity contribution in [3.05, 3.63) is 65.7 Å². The van der Waals surface area contributed by atoms with Crippen LogP contribution in [0.25, 0.3) is 0 Å². The summed E-state index contributed by atoms with van der Waals surface area (Å²) in [6.45, 7) is 1.87. The fraction of sp³-hybridized carbons (Fsp3) is 0.0667. The van der Waals surface area contributed by atoms with E-state index in [2.05, 4.69) is 14.9 Å². The maximum atomic E-state index is 12.0. The Morgan fingerprint density at radius 3 is 2.36 bits per heavy atom. The largest absolute Gasteiger partial charge is 0.368 e. The normalized spacial score (nSPS) is 12.5. The Morgan fingerprint density at radius 2 is 1.73 bits per heavy atom. The van der Waals surface area contributed by atoms with Gasteiger partial charge in [0.25, 0.3) is 10.0 Å². The number of nitrogens with two attached hydrogens (primary N) is 1. The van der Waals surface area contributed by atoms with Gasteiger partial charge in [0.05, 0.1) is 11.1 Å². The lowest BCUT2D eigenvalue weighted by Gasteiger charge is -2.02. The quantitative estimate of drug-likeness (QED) is 0.509. The number of nitrogens with zero attached hydrogens (tertiary/aromatic N) is 2. The number of hydrazone groups is 1. The molecule has 6 nitrogen and oxygen atoms in total. The first-order valence-corrected chi connectivity index (χ1v) is 7.92. The summed E-state index contributed by atoms with van der Waals surface area (Å²) in [6.07, 6.45) is 1.51. The molecule has 2 aromatic carbocycles. The second kappa shape index (κ2) is 6.86. The van der Waals surface area contributed by atoms with Gasteiger partial charge in [-0.05, 0) is 24.6 Å². The second-order valence-electron chi connectivity index (χ2n) is 4.55. The van der Waals surface area contributed by atoms with Crippen LogP contribution in [0.15, 0.2) is 69.0 Å². The highest BCUT2D eigenvalue weighted by Crippen LogP contribution is 2.12. The number of benzene rings is 2. The number of guanidine groups is 1. The van der Waals surface area contributed by atoms with Crippen molar-refractivity contribution in [3.8, 4) is 0 Å². The molecule has 0 spiro atoms. The molecule has 0 heterocycles. The molecular weight excluding hydrogens is 300 g/mol. The molecule has 22 heavy (non-hydrogen) atoms. The molecule has 114 valence electrons. The molecule has 3 N–H and O–H groups in total. The lowest BCUT2D eigenvalue weighted by atomic mass is 10.2. The van der Waals surface area contributed by atoms with Crippen LogP contribution in [0.2, 0.25) is 0 Å². The minimum atomic E-state index is -3.84. The topological polar surface area (TPSA) is 96.9 Å². The third-order valence-corrected chi connectivity index (χ3v) is 4.03. The molecule has 2 aromatic rings. The van der Waals surface area contributed by atoms with Gasteiger partial charge < -0.3 is 5.73 Å². The predicted molar refractivity (Wildman–Crippen MR) is 87.2 cm³/mol. The van der Waals surface area contributed by atoms with E-state index >= 15 is 0 Å². The van der Waals surface area contributed by atoms with Crippen molar-refractivity contribution >= 4 is 22.2 Å². The lowest BCUT2D eigenvalue weighted by Crippen LogP contribution is -2.28. The molecule has 2 rings (SSSR count). The Balaban J connectivity index is 2.08. The van der Waals surface area contributed by atoms with E-state index < -0.39 is 10.0 Å². The third-order valence-electron chi connectivity index (χ3n) is 2.73. The summed E-state index contributed by atoms with van der Waals surface area (Å²) in [6, 6.07) is 15.7. The summed E-state index contributed by atoms with van der Waals surface area (Å²) < 4.78 is 27.5. The first-order valence-electron chi connectivity index (χ1n) is 6.48. The maximum Gasteiger partial charge on any atom is 0.285 e. The molecule has 0 aliphatic rings. The summed E-state index contributed by atoms with van der Waals surface area (Å²) >= 11 is 0. The van der Waals surface area contributed by atoms with Gasteiger partial charge in [-0.3, -0.25) is 0 Å². The van der Waals surface area contributed by atoms with E-state index in [0.717, 1.165) is 11.1 Å². The third kappa shape index (κ3) is 4.42. The molecule has 0 bridgehead atoms. The van der Waals surface area contributed by atoms with E-state index in [0.29, 0.717) is 0 Å². The molecule has 0 radical (unpaired) electrons. The summed E-state index contributed by atoms with van der Waals surface area (Å²) in [5.74, 6) is -0.298. The Morgan fingerprint density at radius 1 is 1.09 bits per heavy atom. The summed E-state index contributed by atoms with van der Waals surface area (Å²) in [5, 5.41) is 3.84. The molecule has 0 aliphatic carbocycles. The van der Waals surface area contributed by atoms with Crippen molar-refractivity contribution in [1.29, 1.82) is 0 Å². The number of sulfonamides is 1. The number of aryl methyl sites for hydroxylation is 1. The molecule has 0 aromatic heterocycles.